The number of hydrogen-bond donors (Lipinski definition) is 3. The van der Waals surface area contributed by atoms with Crippen LogP contribution in [0.3, 0.4) is 0 Å². The van der Waals surface area contributed by atoms with Crippen LogP contribution >= 0.6 is 28.3 Å². The van der Waals surface area contributed by atoms with Crippen LogP contribution in [0.15, 0.2) is 22.7 Å². The zero-order valence-corrected chi connectivity index (χ0v) is 11.5. The van der Waals surface area contributed by atoms with Gasteiger partial charge in [0.05, 0.1) is 12.1 Å². The van der Waals surface area contributed by atoms with E-state index in [1.807, 2.05) is 6.92 Å². The molecule has 0 bridgehead atoms. The van der Waals surface area contributed by atoms with Crippen molar-refractivity contribution in [3.8, 4) is 5.75 Å². The van der Waals surface area contributed by atoms with Crippen molar-refractivity contribution in [2.75, 3.05) is 0 Å². The summed E-state index contributed by atoms with van der Waals surface area (Å²) < 4.78 is 0.793. The van der Waals surface area contributed by atoms with Gasteiger partial charge in [-0.2, -0.15) is 0 Å². The molecular weight excluding hydrogens is 293 g/mol. The number of aliphatic hydroxyl groups is 1. The maximum atomic E-state index is 9.72. The second-order valence-corrected chi connectivity index (χ2v) is 4.50. The summed E-state index contributed by atoms with van der Waals surface area (Å²) in [7, 11) is 0. The van der Waals surface area contributed by atoms with Crippen LogP contribution in [-0.2, 0) is 0 Å². The third-order valence-electron chi connectivity index (χ3n) is 2.35. The maximum absolute atomic E-state index is 9.72. The Labute approximate surface area is 110 Å². The van der Waals surface area contributed by atoms with E-state index in [1.165, 1.54) is 0 Å². The van der Waals surface area contributed by atoms with Gasteiger partial charge < -0.3 is 15.9 Å². The largest absolute Gasteiger partial charge is 0.508 e. The zero-order valence-electron chi connectivity index (χ0n) is 9.06. The molecule has 0 aliphatic rings. The van der Waals surface area contributed by atoms with E-state index in [0.29, 0.717) is 12.0 Å². The molecule has 0 saturated carbocycles. The van der Waals surface area contributed by atoms with E-state index >= 15 is 0 Å². The third kappa shape index (κ3) is 3.94. The quantitative estimate of drug-likeness (QED) is 0.801. The van der Waals surface area contributed by atoms with Crippen LogP contribution in [0.25, 0.3) is 0 Å². The molecule has 5 heteroatoms. The minimum Gasteiger partial charge on any atom is -0.508 e. The monoisotopic (exact) mass is 309 g/mol. The van der Waals surface area contributed by atoms with Crippen LogP contribution < -0.4 is 5.73 Å². The minimum absolute atomic E-state index is 0. The standard InChI is InChI=1S/C11H16BrNO2.ClH/c1-2-3-9(14)11(13)8-5-4-7(12)6-10(8)15;/h4-6,9,11,14-15H,2-3,13H2,1H3;1H/t9-,11+;/m1./s1. The lowest BCUT2D eigenvalue weighted by Gasteiger charge is -2.19. The average molecular weight is 311 g/mol. The number of phenolic OH excluding ortho intramolecular Hbond substituents is 1. The molecule has 0 spiro atoms. The molecule has 0 aliphatic heterocycles. The van der Waals surface area contributed by atoms with Crippen molar-refractivity contribution in [3.05, 3.63) is 28.2 Å². The van der Waals surface area contributed by atoms with Gasteiger partial charge in [0.1, 0.15) is 5.75 Å². The van der Waals surface area contributed by atoms with E-state index in [1.54, 1.807) is 18.2 Å². The van der Waals surface area contributed by atoms with Crippen molar-refractivity contribution < 1.29 is 10.2 Å². The first-order valence-corrected chi connectivity index (χ1v) is 5.77. The molecule has 3 nitrogen and oxygen atoms in total. The highest BCUT2D eigenvalue weighted by atomic mass is 79.9. The average Bonchev–Trinajstić information content (AvgIpc) is 2.17. The molecule has 1 rings (SSSR count). The minimum atomic E-state index is -0.609. The molecule has 92 valence electrons. The lowest BCUT2D eigenvalue weighted by Crippen LogP contribution is -2.25. The number of aromatic hydroxyl groups is 1. The lowest BCUT2D eigenvalue weighted by atomic mass is 9.98. The van der Waals surface area contributed by atoms with Gasteiger partial charge in [-0.1, -0.05) is 35.3 Å². The number of nitrogens with two attached hydrogens (primary N) is 1. The van der Waals surface area contributed by atoms with Crippen molar-refractivity contribution in [2.24, 2.45) is 5.73 Å². The number of phenols is 1. The number of halogens is 2. The smallest absolute Gasteiger partial charge is 0.121 e. The molecule has 0 fully saturated rings. The Kier molecular flexibility index (Phi) is 6.99. The number of hydrogen-bond acceptors (Lipinski definition) is 3. The molecule has 0 amide bonds. The van der Waals surface area contributed by atoms with Crippen molar-refractivity contribution in [2.45, 2.75) is 31.9 Å². The molecule has 0 radical (unpaired) electrons. The summed E-state index contributed by atoms with van der Waals surface area (Å²) in [5.41, 5.74) is 6.43. The predicted octanol–water partition coefficient (Wildman–Crippen LogP) is 2.74. The maximum Gasteiger partial charge on any atom is 0.121 e. The van der Waals surface area contributed by atoms with Gasteiger partial charge >= 0.3 is 0 Å². The molecular formula is C11H17BrClNO2. The van der Waals surface area contributed by atoms with Crippen molar-refractivity contribution in [1.82, 2.24) is 0 Å². The SMILES string of the molecule is CCC[C@@H](O)[C@@H](N)c1ccc(Br)cc1O.Cl. The van der Waals surface area contributed by atoms with Crippen molar-refractivity contribution in [1.29, 1.82) is 0 Å². The van der Waals surface area contributed by atoms with Gasteiger partial charge in [0.25, 0.3) is 0 Å². The van der Waals surface area contributed by atoms with Gasteiger partial charge in [-0.25, -0.2) is 0 Å². The molecule has 0 unspecified atom stereocenters. The Morgan fingerprint density at radius 3 is 2.56 bits per heavy atom. The molecule has 1 aromatic carbocycles. The van der Waals surface area contributed by atoms with Gasteiger partial charge in [0.2, 0.25) is 0 Å². The summed E-state index contributed by atoms with van der Waals surface area (Å²) in [5.74, 6) is 0.118. The first kappa shape index (κ1) is 15.7. The Morgan fingerprint density at radius 1 is 1.44 bits per heavy atom. The van der Waals surface area contributed by atoms with Crippen LogP contribution in [0.2, 0.25) is 0 Å². The van der Waals surface area contributed by atoms with E-state index in [0.717, 1.165) is 10.9 Å². The highest BCUT2D eigenvalue weighted by Gasteiger charge is 2.18. The van der Waals surface area contributed by atoms with Crippen LogP contribution in [0.1, 0.15) is 31.4 Å². The highest BCUT2D eigenvalue weighted by molar-refractivity contribution is 9.10. The molecule has 0 aliphatic carbocycles. The highest BCUT2D eigenvalue weighted by Crippen LogP contribution is 2.28. The van der Waals surface area contributed by atoms with Gasteiger partial charge in [-0.3, -0.25) is 0 Å². The van der Waals surface area contributed by atoms with E-state index < -0.39 is 12.1 Å². The summed E-state index contributed by atoms with van der Waals surface area (Å²) in [4.78, 5) is 0. The molecule has 1 aromatic rings. The Bertz CT molecular complexity index is 336. The predicted molar refractivity (Wildman–Crippen MR) is 70.9 cm³/mol. The van der Waals surface area contributed by atoms with E-state index in [9.17, 15) is 10.2 Å². The summed E-state index contributed by atoms with van der Waals surface area (Å²) in [5, 5.41) is 19.4. The van der Waals surface area contributed by atoms with E-state index in [2.05, 4.69) is 15.9 Å². The summed E-state index contributed by atoms with van der Waals surface area (Å²) in [6.45, 7) is 1.98. The third-order valence-corrected chi connectivity index (χ3v) is 2.84. The van der Waals surface area contributed by atoms with Crippen molar-refractivity contribution in [3.63, 3.8) is 0 Å². The molecule has 16 heavy (non-hydrogen) atoms. The Balaban J connectivity index is 0.00000225. The van der Waals surface area contributed by atoms with Crippen molar-refractivity contribution >= 4 is 28.3 Å². The van der Waals surface area contributed by atoms with Crippen LogP contribution in [0.4, 0.5) is 0 Å². The van der Waals surface area contributed by atoms with Gasteiger partial charge in [0.15, 0.2) is 0 Å². The molecule has 0 saturated heterocycles. The van der Waals surface area contributed by atoms with Gasteiger partial charge in [-0.05, 0) is 18.6 Å². The Hall–Kier alpha value is -0.290. The van der Waals surface area contributed by atoms with Gasteiger partial charge in [0, 0.05) is 10.0 Å². The van der Waals surface area contributed by atoms with Crippen LogP contribution in [0, 0.1) is 0 Å². The first-order chi connectivity index (χ1) is 7.06. The summed E-state index contributed by atoms with van der Waals surface area (Å²) >= 11 is 3.25. The van der Waals surface area contributed by atoms with Crippen LogP contribution in [0.5, 0.6) is 5.75 Å². The normalized spacial score (nSPS) is 14.0. The van der Waals surface area contributed by atoms with E-state index in [-0.39, 0.29) is 18.2 Å². The molecule has 2 atom stereocenters. The topological polar surface area (TPSA) is 66.5 Å². The fraction of sp³-hybridized carbons (Fsp3) is 0.455. The lowest BCUT2D eigenvalue weighted by molar-refractivity contribution is 0.133. The molecule has 0 heterocycles. The first-order valence-electron chi connectivity index (χ1n) is 4.98. The van der Waals surface area contributed by atoms with E-state index in [4.69, 9.17) is 5.73 Å². The second kappa shape index (κ2) is 7.12. The number of rotatable bonds is 4. The van der Waals surface area contributed by atoms with Crippen LogP contribution in [-0.4, -0.2) is 16.3 Å². The zero-order chi connectivity index (χ0) is 11.4. The fourth-order valence-corrected chi connectivity index (χ4v) is 1.83. The van der Waals surface area contributed by atoms with Gasteiger partial charge in [-0.15, -0.1) is 12.4 Å². The summed E-state index contributed by atoms with van der Waals surface area (Å²) in [6.07, 6.45) is 0.894. The fourth-order valence-electron chi connectivity index (χ4n) is 1.48. The summed E-state index contributed by atoms with van der Waals surface area (Å²) in [6, 6.07) is 4.57. The molecule has 4 N–H and O–H groups in total. The molecule has 0 aromatic heterocycles. The number of aliphatic hydroxyl groups excluding tert-OH is 1. The Morgan fingerprint density at radius 2 is 2.06 bits per heavy atom. The number of benzene rings is 1. The second-order valence-electron chi connectivity index (χ2n) is 3.58.